The second-order valence-electron chi connectivity index (χ2n) is 6.63. The van der Waals surface area contributed by atoms with E-state index in [1.165, 1.54) is 29.6 Å². The monoisotopic (exact) mass is 406 g/mol. The number of nitrogens with one attached hydrogen (secondary N) is 2. The van der Waals surface area contributed by atoms with Gasteiger partial charge in [0.15, 0.2) is 0 Å². The van der Waals surface area contributed by atoms with Crippen LogP contribution in [0.2, 0.25) is 0 Å². The Morgan fingerprint density at radius 3 is 2.90 bits per heavy atom. The topological polar surface area (TPSA) is 107 Å². The molecule has 152 valence electrons. The van der Waals surface area contributed by atoms with Gasteiger partial charge in [-0.25, -0.2) is 19.2 Å². The molecule has 0 saturated carbocycles. The van der Waals surface area contributed by atoms with Crippen LogP contribution in [-0.2, 0) is 0 Å². The van der Waals surface area contributed by atoms with E-state index in [0.717, 1.165) is 10.9 Å². The smallest absolute Gasteiger partial charge is 0.326 e. The zero-order chi connectivity index (χ0) is 21.1. The van der Waals surface area contributed by atoms with Crippen molar-refractivity contribution in [3.8, 4) is 11.3 Å². The van der Waals surface area contributed by atoms with Crippen molar-refractivity contribution in [3.05, 3.63) is 66.6 Å². The highest BCUT2D eigenvalue weighted by Crippen LogP contribution is 2.30. The first kappa shape index (κ1) is 19.5. The lowest BCUT2D eigenvalue weighted by Crippen LogP contribution is -2.37. The molecule has 0 aliphatic heterocycles. The predicted octanol–water partition coefficient (Wildman–Crippen LogP) is 3.50. The number of carbonyl (C=O) groups excluding carboxylic acids is 1. The van der Waals surface area contributed by atoms with Crippen LogP contribution in [0.15, 0.2) is 55.2 Å². The van der Waals surface area contributed by atoms with E-state index in [-0.39, 0.29) is 18.8 Å². The van der Waals surface area contributed by atoms with Gasteiger partial charge in [0.2, 0.25) is 0 Å². The highest BCUT2D eigenvalue weighted by Gasteiger charge is 2.18. The molecule has 0 aliphatic carbocycles. The summed E-state index contributed by atoms with van der Waals surface area (Å²) in [4.78, 5) is 29.5. The Hall–Kier alpha value is -3.85. The van der Waals surface area contributed by atoms with Gasteiger partial charge in [-0.1, -0.05) is 6.07 Å². The molecule has 4 aromatic rings. The first-order valence-corrected chi connectivity index (χ1v) is 9.26. The number of aryl methyl sites for hydroxylation is 1. The number of hydrogen-bond donors (Lipinski definition) is 3. The maximum atomic E-state index is 14.8. The van der Waals surface area contributed by atoms with E-state index in [9.17, 15) is 14.3 Å². The quantitative estimate of drug-likeness (QED) is 0.470. The van der Waals surface area contributed by atoms with Gasteiger partial charge < -0.3 is 15.4 Å². The second kappa shape index (κ2) is 8.26. The van der Waals surface area contributed by atoms with Gasteiger partial charge in [-0.2, -0.15) is 0 Å². The van der Waals surface area contributed by atoms with E-state index in [1.54, 1.807) is 24.4 Å². The summed E-state index contributed by atoms with van der Waals surface area (Å²) < 4.78 is 14.8. The third-order valence-corrected chi connectivity index (χ3v) is 4.68. The van der Waals surface area contributed by atoms with Gasteiger partial charge in [-0.3, -0.25) is 9.88 Å². The molecule has 0 unspecified atom stereocenters. The number of aromatic amines is 1. The first-order valence-electron chi connectivity index (χ1n) is 9.26. The van der Waals surface area contributed by atoms with E-state index in [1.807, 2.05) is 13.1 Å². The van der Waals surface area contributed by atoms with Crippen LogP contribution in [0.5, 0.6) is 0 Å². The van der Waals surface area contributed by atoms with Crippen molar-refractivity contribution in [3.63, 3.8) is 0 Å². The molecule has 0 spiro atoms. The van der Waals surface area contributed by atoms with Crippen LogP contribution in [0.4, 0.5) is 20.6 Å². The number of fused-ring (bicyclic) bond motifs is 1. The number of aliphatic hydroxyl groups is 1. The number of hydrogen-bond acceptors (Lipinski definition) is 5. The van der Waals surface area contributed by atoms with Crippen molar-refractivity contribution in [2.24, 2.45) is 0 Å². The molecule has 9 heteroatoms. The molecule has 3 heterocycles. The number of aromatic nitrogens is 4. The Labute approximate surface area is 171 Å². The fourth-order valence-electron chi connectivity index (χ4n) is 3.24. The lowest BCUT2D eigenvalue weighted by atomic mass is 10.1. The Kier molecular flexibility index (Phi) is 5.36. The number of halogens is 1. The summed E-state index contributed by atoms with van der Waals surface area (Å²) >= 11 is 0. The second-order valence-corrected chi connectivity index (χ2v) is 6.63. The Balaban J connectivity index is 1.62. The molecule has 2 amide bonds. The zero-order valence-electron chi connectivity index (χ0n) is 16.1. The van der Waals surface area contributed by atoms with Crippen LogP contribution >= 0.6 is 0 Å². The molecule has 0 saturated heterocycles. The van der Waals surface area contributed by atoms with Crippen LogP contribution in [-0.4, -0.2) is 44.2 Å². The molecule has 0 radical (unpaired) electrons. The summed E-state index contributed by atoms with van der Waals surface area (Å²) in [6.07, 6.45) is 6.31. The van der Waals surface area contributed by atoms with Gasteiger partial charge in [0.1, 0.15) is 17.8 Å². The third-order valence-electron chi connectivity index (χ3n) is 4.68. The van der Waals surface area contributed by atoms with Gasteiger partial charge in [0, 0.05) is 23.3 Å². The highest BCUT2D eigenvalue weighted by molar-refractivity contribution is 6.02. The van der Waals surface area contributed by atoms with E-state index >= 15 is 0 Å². The van der Waals surface area contributed by atoms with Crippen molar-refractivity contribution in [2.75, 3.05) is 23.4 Å². The van der Waals surface area contributed by atoms with Crippen molar-refractivity contribution in [1.29, 1.82) is 0 Å². The number of anilines is 2. The van der Waals surface area contributed by atoms with Crippen LogP contribution in [0.25, 0.3) is 22.3 Å². The SMILES string of the molecule is Cc1c[nH]c2ncnc(-c3ccc(NC(=O)N(CCO)c4cccnc4)c(F)c3)c12. The fourth-order valence-corrected chi connectivity index (χ4v) is 3.24. The van der Waals surface area contributed by atoms with Crippen LogP contribution in [0, 0.1) is 12.7 Å². The average Bonchev–Trinajstić information content (AvgIpc) is 3.15. The van der Waals surface area contributed by atoms with Crippen LogP contribution in [0.3, 0.4) is 0 Å². The molecule has 30 heavy (non-hydrogen) atoms. The van der Waals surface area contributed by atoms with Gasteiger partial charge in [0.25, 0.3) is 0 Å². The normalized spacial score (nSPS) is 10.9. The zero-order valence-corrected chi connectivity index (χ0v) is 16.1. The maximum absolute atomic E-state index is 14.8. The van der Waals surface area contributed by atoms with Crippen molar-refractivity contribution < 1.29 is 14.3 Å². The molecular weight excluding hydrogens is 387 g/mol. The summed E-state index contributed by atoms with van der Waals surface area (Å²) in [6, 6.07) is 7.28. The molecule has 3 aromatic heterocycles. The number of pyridine rings is 1. The minimum Gasteiger partial charge on any atom is -0.395 e. The van der Waals surface area contributed by atoms with Gasteiger partial charge in [-0.15, -0.1) is 0 Å². The molecule has 3 N–H and O–H groups in total. The number of carbonyl (C=O) groups is 1. The largest absolute Gasteiger partial charge is 0.395 e. The molecular formula is C21H19FN6O2. The standard InChI is InChI=1S/C21H19FN6O2/c1-13-10-24-20-18(13)19(25-12-26-20)14-4-5-17(16(22)9-14)27-21(30)28(7-8-29)15-3-2-6-23-11-15/h2-6,9-12,29H,7-8H2,1H3,(H,27,30)(H,24,25,26). The third kappa shape index (κ3) is 3.70. The number of aliphatic hydroxyl groups excluding tert-OH is 1. The van der Waals surface area contributed by atoms with Gasteiger partial charge in [-0.05, 0) is 36.8 Å². The number of benzene rings is 1. The number of H-pyrrole nitrogens is 1. The molecule has 0 bridgehead atoms. The molecule has 4 rings (SSSR count). The first-order chi connectivity index (χ1) is 14.6. The number of amides is 2. The van der Waals surface area contributed by atoms with Crippen molar-refractivity contribution >= 4 is 28.4 Å². The van der Waals surface area contributed by atoms with Crippen molar-refractivity contribution in [2.45, 2.75) is 6.92 Å². The number of rotatable bonds is 5. The summed E-state index contributed by atoms with van der Waals surface area (Å²) in [7, 11) is 0. The summed E-state index contributed by atoms with van der Waals surface area (Å²) in [6.45, 7) is 1.72. The molecule has 0 fully saturated rings. The van der Waals surface area contributed by atoms with Gasteiger partial charge >= 0.3 is 6.03 Å². The molecule has 0 aliphatic rings. The molecule has 1 aromatic carbocycles. The number of urea groups is 1. The maximum Gasteiger partial charge on any atom is 0.326 e. The van der Waals surface area contributed by atoms with E-state index in [2.05, 4.69) is 25.3 Å². The Morgan fingerprint density at radius 1 is 1.30 bits per heavy atom. The summed E-state index contributed by atoms with van der Waals surface area (Å²) in [5, 5.41) is 12.7. The number of nitrogens with zero attached hydrogens (tertiary/aromatic N) is 4. The summed E-state index contributed by atoms with van der Waals surface area (Å²) in [5.41, 5.74) is 3.31. The Morgan fingerprint density at radius 2 is 2.17 bits per heavy atom. The predicted molar refractivity (Wildman–Crippen MR) is 112 cm³/mol. The minimum atomic E-state index is -0.601. The van der Waals surface area contributed by atoms with Crippen molar-refractivity contribution in [1.82, 2.24) is 19.9 Å². The lowest BCUT2D eigenvalue weighted by molar-refractivity contribution is 0.252. The van der Waals surface area contributed by atoms with Crippen LogP contribution in [0.1, 0.15) is 5.56 Å². The summed E-state index contributed by atoms with van der Waals surface area (Å²) in [5.74, 6) is -0.601. The Bertz CT molecular complexity index is 1190. The van der Waals surface area contributed by atoms with Crippen LogP contribution < -0.4 is 10.2 Å². The lowest BCUT2D eigenvalue weighted by Gasteiger charge is -2.22. The average molecular weight is 406 g/mol. The van der Waals surface area contributed by atoms with E-state index < -0.39 is 11.8 Å². The molecule has 0 atom stereocenters. The highest BCUT2D eigenvalue weighted by atomic mass is 19.1. The van der Waals surface area contributed by atoms with E-state index in [4.69, 9.17) is 0 Å². The van der Waals surface area contributed by atoms with E-state index in [0.29, 0.717) is 22.6 Å². The van der Waals surface area contributed by atoms with Gasteiger partial charge in [0.05, 0.1) is 36.4 Å². The fraction of sp³-hybridized carbons (Fsp3) is 0.143. The minimum absolute atomic E-state index is 0.0201. The molecule has 8 nitrogen and oxygen atoms in total.